The van der Waals surface area contributed by atoms with Crippen LogP contribution in [0.25, 0.3) is 0 Å². The Morgan fingerprint density at radius 2 is 1.28 bits per heavy atom. The summed E-state index contributed by atoms with van der Waals surface area (Å²) in [5, 5.41) is 5.24. The highest BCUT2D eigenvalue weighted by Crippen LogP contribution is 2.12. The third-order valence-electron chi connectivity index (χ3n) is 4.52. The molecule has 0 aliphatic heterocycles. The predicted octanol–water partition coefficient (Wildman–Crippen LogP) is 3.51. The first kappa shape index (κ1) is 22.6. The van der Waals surface area contributed by atoms with Crippen molar-refractivity contribution < 1.29 is 14.4 Å². The van der Waals surface area contributed by atoms with Gasteiger partial charge in [-0.15, -0.1) is 0 Å². The molecule has 3 amide bonds. The van der Waals surface area contributed by atoms with E-state index in [-0.39, 0.29) is 16.9 Å². The van der Waals surface area contributed by atoms with Crippen LogP contribution in [0.1, 0.15) is 42.2 Å². The molecule has 0 aliphatic carbocycles. The number of hydrogen-bond acceptors (Lipinski definition) is 4. The number of rotatable bonds is 4. The number of hydrazine groups is 1. The van der Waals surface area contributed by atoms with Crippen LogP contribution in [0.2, 0.25) is 0 Å². The van der Waals surface area contributed by atoms with Crippen LogP contribution in [-0.4, -0.2) is 22.8 Å². The fourth-order valence-corrected chi connectivity index (χ4v) is 2.94. The molecule has 3 aromatic rings. The van der Waals surface area contributed by atoms with E-state index in [1.54, 1.807) is 48.5 Å². The molecule has 0 fully saturated rings. The molecule has 0 bridgehead atoms. The van der Waals surface area contributed by atoms with Crippen LogP contribution >= 0.6 is 12.2 Å². The average Bonchev–Trinajstić information content (AvgIpc) is 2.78. The van der Waals surface area contributed by atoms with Crippen molar-refractivity contribution in [3.8, 4) is 0 Å². The lowest BCUT2D eigenvalue weighted by Crippen LogP contribution is -2.48. The van der Waals surface area contributed by atoms with Gasteiger partial charge in [-0.1, -0.05) is 35.4 Å². The molecule has 0 saturated carbocycles. The Kier molecular flexibility index (Phi) is 7.30. The van der Waals surface area contributed by atoms with Crippen LogP contribution < -0.4 is 21.5 Å². The van der Waals surface area contributed by atoms with Gasteiger partial charge in [-0.3, -0.25) is 30.6 Å². The van der Waals surface area contributed by atoms with Crippen LogP contribution in [-0.2, 0) is 0 Å². The molecule has 0 radical (unpaired) electrons. The van der Waals surface area contributed by atoms with Gasteiger partial charge in [-0.25, -0.2) is 0 Å². The van der Waals surface area contributed by atoms with Crippen molar-refractivity contribution in [1.82, 2.24) is 16.2 Å². The van der Waals surface area contributed by atoms with Crippen LogP contribution in [0.15, 0.2) is 72.8 Å². The third kappa shape index (κ3) is 6.23. The predicted molar refractivity (Wildman–Crippen MR) is 127 cm³/mol. The van der Waals surface area contributed by atoms with Crippen molar-refractivity contribution in [3.05, 3.63) is 101 Å². The average molecular weight is 447 g/mol. The van der Waals surface area contributed by atoms with Gasteiger partial charge < -0.3 is 5.32 Å². The molecule has 0 unspecified atom stereocenters. The minimum Gasteiger partial charge on any atom is -0.322 e. The molecule has 162 valence electrons. The lowest BCUT2D eigenvalue weighted by molar-refractivity contribution is 0.0934. The maximum Gasteiger partial charge on any atom is 0.269 e. The van der Waals surface area contributed by atoms with Gasteiger partial charge in [0.25, 0.3) is 17.7 Å². The zero-order valence-electron chi connectivity index (χ0n) is 17.6. The molecule has 0 atom stereocenters. The number of thiocarbonyl (C=S) groups is 1. The van der Waals surface area contributed by atoms with E-state index in [4.69, 9.17) is 12.2 Å². The van der Waals surface area contributed by atoms with Crippen LogP contribution in [0.3, 0.4) is 0 Å². The van der Waals surface area contributed by atoms with Crippen LogP contribution in [0.5, 0.6) is 0 Å². The second kappa shape index (κ2) is 10.3. The van der Waals surface area contributed by atoms with Crippen molar-refractivity contribution in [1.29, 1.82) is 0 Å². The summed E-state index contributed by atoms with van der Waals surface area (Å²) in [6.07, 6.45) is 0. The van der Waals surface area contributed by atoms with E-state index in [1.165, 1.54) is 0 Å². The molecule has 3 aromatic carbocycles. The number of benzene rings is 3. The number of carbonyl (C=O) groups excluding carboxylic acids is 3. The molecule has 0 spiro atoms. The van der Waals surface area contributed by atoms with E-state index in [0.717, 1.165) is 11.1 Å². The number of amides is 3. The summed E-state index contributed by atoms with van der Waals surface area (Å²) >= 11 is 5.04. The third-order valence-corrected chi connectivity index (χ3v) is 4.72. The summed E-state index contributed by atoms with van der Waals surface area (Å²) in [5.41, 5.74) is 8.86. The van der Waals surface area contributed by atoms with Crippen molar-refractivity contribution >= 4 is 40.7 Å². The maximum atomic E-state index is 12.3. The number of anilines is 1. The lowest BCUT2D eigenvalue weighted by Gasteiger charge is -2.11. The van der Waals surface area contributed by atoms with E-state index in [9.17, 15) is 14.4 Å². The van der Waals surface area contributed by atoms with Gasteiger partial charge in [0, 0.05) is 22.4 Å². The summed E-state index contributed by atoms with van der Waals surface area (Å²) in [7, 11) is 0. The zero-order chi connectivity index (χ0) is 23.1. The molecule has 0 aliphatic rings. The molecule has 8 heteroatoms. The summed E-state index contributed by atoms with van der Waals surface area (Å²) in [5.74, 6) is -1.07. The number of nitrogens with one attached hydrogen (secondary N) is 4. The molecule has 32 heavy (non-hydrogen) atoms. The summed E-state index contributed by atoms with van der Waals surface area (Å²) in [6.45, 7) is 3.84. The Morgan fingerprint density at radius 1 is 0.656 bits per heavy atom. The SMILES string of the molecule is Cc1ccc(C(=O)NC(=S)NNC(=O)c2ccc(NC(=O)c3cccc(C)c3)cc2)cc1. The van der Waals surface area contributed by atoms with Gasteiger partial charge >= 0.3 is 0 Å². The van der Waals surface area contributed by atoms with E-state index >= 15 is 0 Å². The molecule has 3 rings (SSSR count). The maximum absolute atomic E-state index is 12.3. The molecule has 4 N–H and O–H groups in total. The van der Waals surface area contributed by atoms with E-state index < -0.39 is 5.91 Å². The Labute approximate surface area is 191 Å². The first-order valence-electron chi connectivity index (χ1n) is 9.78. The van der Waals surface area contributed by atoms with Crippen molar-refractivity contribution in [2.24, 2.45) is 0 Å². The minimum absolute atomic E-state index is 0.0361. The van der Waals surface area contributed by atoms with Crippen molar-refractivity contribution in [2.45, 2.75) is 13.8 Å². The molecular formula is C24H22N4O3S. The van der Waals surface area contributed by atoms with E-state index in [1.807, 2.05) is 38.1 Å². The second-order valence-electron chi connectivity index (χ2n) is 7.13. The van der Waals surface area contributed by atoms with E-state index in [2.05, 4.69) is 21.5 Å². The molecule has 0 saturated heterocycles. The Hall–Kier alpha value is -4.04. The number of aryl methyl sites for hydroxylation is 2. The second-order valence-corrected chi connectivity index (χ2v) is 7.54. The Balaban J connectivity index is 1.50. The smallest absolute Gasteiger partial charge is 0.269 e. The van der Waals surface area contributed by atoms with Crippen LogP contribution in [0.4, 0.5) is 5.69 Å². The number of hydrogen-bond donors (Lipinski definition) is 4. The molecule has 0 aromatic heterocycles. The lowest BCUT2D eigenvalue weighted by atomic mass is 10.1. The Bertz CT molecular complexity index is 1160. The molecular weight excluding hydrogens is 424 g/mol. The quantitative estimate of drug-likeness (QED) is 0.363. The Morgan fingerprint density at radius 3 is 1.94 bits per heavy atom. The normalized spacial score (nSPS) is 10.1. The summed E-state index contributed by atoms with van der Waals surface area (Å²) < 4.78 is 0. The summed E-state index contributed by atoms with van der Waals surface area (Å²) in [4.78, 5) is 36.8. The topological polar surface area (TPSA) is 99.3 Å². The highest BCUT2D eigenvalue weighted by molar-refractivity contribution is 7.80. The van der Waals surface area contributed by atoms with Gasteiger partial charge in [-0.2, -0.15) is 0 Å². The minimum atomic E-state index is -0.450. The fourth-order valence-electron chi connectivity index (χ4n) is 2.79. The van der Waals surface area contributed by atoms with Gasteiger partial charge in [0.15, 0.2) is 5.11 Å². The largest absolute Gasteiger partial charge is 0.322 e. The van der Waals surface area contributed by atoms with Gasteiger partial charge in [0.05, 0.1) is 0 Å². The fraction of sp³-hybridized carbons (Fsp3) is 0.0833. The van der Waals surface area contributed by atoms with Crippen molar-refractivity contribution in [2.75, 3.05) is 5.32 Å². The van der Waals surface area contributed by atoms with Crippen molar-refractivity contribution in [3.63, 3.8) is 0 Å². The molecule has 7 nitrogen and oxygen atoms in total. The molecule has 0 heterocycles. The summed E-state index contributed by atoms with van der Waals surface area (Å²) in [6, 6.07) is 20.7. The van der Waals surface area contributed by atoms with Gasteiger partial charge in [-0.05, 0) is 74.6 Å². The van der Waals surface area contributed by atoms with E-state index in [0.29, 0.717) is 22.4 Å². The monoisotopic (exact) mass is 446 g/mol. The zero-order valence-corrected chi connectivity index (χ0v) is 18.4. The van der Waals surface area contributed by atoms with Gasteiger partial charge in [0.2, 0.25) is 0 Å². The van der Waals surface area contributed by atoms with Crippen LogP contribution in [0, 0.1) is 13.8 Å². The number of carbonyl (C=O) groups is 3. The highest BCUT2D eigenvalue weighted by Gasteiger charge is 2.11. The highest BCUT2D eigenvalue weighted by atomic mass is 32.1. The first-order chi connectivity index (χ1) is 15.3. The standard InChI is InChI=1S/C24H22N4O3S/c1-15-6-8-17(9-7-15)21(29)26-24(32)28-27-23(31)18-10-12-20(13-11-18)25-22(30)19-5-3-4-16(2)14-19/h3-14H,1-2H3,(H,25,30)(H,27,31)(H2,26,28,29,32). The first-order valence-corrected chi connectivity index (χ1v) is 10.2. The van der Waals surface area contributed by atoms with Gasteiger partial charge in [0.1, 0.15) is 0 Å².